The van der Waals surface area contributed by atoms with Crippen molar-refractivity contribution in [3.05, 3.63) is 40.1 Å². The van der Waals surface area contributed by atoms with E-state index >= 15 is 0 Å². The Hall–Kier alpha value is -2.30. The fraction of sp³-hybridized carbons (Fsp3) is 0.375. The molecule has 1 saturated carbocycles. The lowest BCUT2D eigenvalue weighted by Gasteiger charge is -2.22. The summed E-state index contributed by atoms with van der Waals surface area (Å²) in [5.74, 6) is -0.550. The molecule has 110 valence electrons. The number of amides is 1. The van der Waals surface area contributed by atoms with Crippen LogP contribution < -0.4 is 16.5 Å². The number of hydrogen-bond donors (Lipinski definition) is 2. The van der Waals surface area contributed by atoms with Gasteiger partial charge in [-0.15, -0.1) is 0 Å². The number of para-hydroxylation sites is 1. The van der Waals surface area contributed by atoms with Gasteiger partial charge < -0.3 is 15.5 Å². The number of carbonyl (C=O) groups is 1. The molecule has 1 aromatic carbocycles. The summed E-state index contributed by atoms with van der Waals surface area (Å²) in [5, 5.41) is 3.28. The van der Waals surface area contributed by atoms with E-state index in [-0.39, 0.29) is 22.9 Å². The summed E-state index contributed by atoms with van der Waals surface area (Å²) in [6.07, 6.45) is 5.31. The number of benzene rings is 1. The smallest absolute Gasteiger partial charge is 0.260 e. The Morgan fingerprint density at radius 2 is 1.90 bits per heavy atom. The van der Waals surface area contributed by atoms with Crippen molar-refractivity contribution in [2.75, 3.05) is 5.73 Å². The van der Waals surface area contributed by atoms with E-state index in [0.717, 1.165) is 25.7 Å². The molecule has 0 radical (unpaired) electrons. The second-order valence-corrected chi connectivity index (χ2v) is 5.47. The van der Waals surface area contributed by atoms with E-state index < -0.39 is 5.91 Å². The normalized spacial score (nSPS) is 16.0. The Bertz CT molecular complexity index is 730. The minimum absolute atomic E-state index is 0.0840. The van der Waals surface area contributed by atoms with Crippen molar-refractivity contribution >= 4 is 22.8 Å². The largest absolute Gasteiger partial charge is 0.440 e. The quantitative estimate of drug-likeness (QED) is 0.888. The molecular weight excluding hydrogens is 268 g/mol. The number of nitrogen functional groups attached to an aromatic ring is 1. The molecule has 0 atom stereocenters. The molecule has 0 bridgehead atoms. The molecule has 2 aromatic rings. The van der Waals surface area contributed by atoms with Gasteiger partial charge in [-0.25, -0.2) is 0 Å². The van der Waals surface area contributed by atoms with E-state index in [1.807, 2.05) is 0 Å². The van der Waals surface area contributed by atoms with Crippen molar-refractivity contribution < 1.29 is 9.21 Å². The SMILES string of the molecule is Nc1oc2ccccc2c(=O)c1C(=O)NC1CCCCC1. The molecular formula is C16H18N2O3. The van der Waals surface area contributed by atoms with Gasteiger partial charge in [0.15, 0.2) is 0 Å². The van der Waals surface area contributed by atoms with E-state index in [4.69, 9.17) is 10.2 Å². The Morgan fingerprint density at radius 1 is 1.19 bits per heavy atom. The van der Waals surface area contributed by atoms with Gasteiger partial charge in [-0.2, -0.15) is 0 Å². The van der Waals surface area contributed by atoms with Gasteiger partial charge in [0.2, 0.25) is 11.3 Å². The molecule has 0 aliphatic heterocycles. The fourth-order valence-electron chi connectivity index (χ4n) is 2.88. The minimum Gasteiger partial charge on any atom is -0.440 e. The van der Waals surface area contributed by atoms with Crippen LogP contribution in [0.2, 0.25) is 0 Å². The highest BCUT2D eigenvalue weighted by molar-refractivity contribution is 6.00. The monoisotopic (exact) mass is 286 g/mol. The van der Waals surface area contributed by atoms with E-state index in [0.29, 0.717) is 11.0 Å². The third kappa shape index (κ3) is 2.63. The number of nitrogens with two attached hydrogens (primary N) is 1. The summed E-state index contributed by atoms with van der Waals surface area (Å²) >= 11 is 0. The first-order valence-electron chi connectivity index (χ1n) is 7.29. The molecule has 0 unspecified atom stereocenters. The summed E-state index contributed by atoms with van der Waals surface area (Å²) in [7, 11) is 0. The highest BCUT2D eigenvalue weighted by Gasteiger charge is 2.22. The predicted molar refractivity (Wildman–Crippen MR) is 81.2 cm³/mol. The van der Waals surface area contributed by atoms with Crippen LogP contribution in [0.1, 0.15) is 42.5 Å². The molecule has 1 fully saturated rings. The average molecular weight is 286 g/mol. The molecule has 5 nitrogen and oxygen atoms in total. The topological polar surface area (TPSA) is 85.3 Å². The van der Waals surface area contributed by atoms with Crippen LogP contribution in [0.4, 0.5) is 5.88 Å². The van der Waals surface area contributed by atoms with Crippen LogP contribution in [0.5, 0.6) is 0 Å². The Balaban J connectivity index is 1.95. The molecule has 1 aliphatic rings. The van der Waals surface area contributed by atoms with Gasteiger partial charge in [0.1, 0.15) is 11.1 Å². The molecule has 0 spiro atoms. The van der Waals surface area contributed by atoms with E-state index in [2.05, 4.69) is 5.32 Å². The summed E-state index contributed by atoms with van der Waals surface area (Å²) in [6.45, 7) is 0. The first-order valence-corrected chi connectivity index (χ1v) is 7.29. The molecule has 0 saturated heterocycles. The lowest BCUT2D eigenvalue weighted by atomic mass is 9.95. The number of carbonyl (C=O) groups excluding carboxylic acids is 1. The molecule has 3 rings (SSSR count). The van der Waals surface area contributed by atoms with Gasteiger partial charge in [0, 0.05) is 6.04 Å². The fourth-order valence-corrected chi connectivity index (χ4v) is 2.88. The van der Waals surface area contributed by atoms with Crippen molar-refractivity contribution in [2.45, 2.75) is 38.1 Å². The van der Waals surface area contributed by atoms with E-state index in [1.165, 1.54) is 6.42 Å². The van der Waals surface area contributed by atoms with Crippen LogP contribution in [0, 0.1) is 0 Å². The Labute approximate surface area is 122 Å². The van der Waals surface area contributed by atoms with Gasteiger partial charge in [-0.1, -0.05) is 31.4 Å². The average Bonchev–Trinajstić information content (AvgIpc) is 2.48. The zero-order valence-electron chi connectivity index (χ0n) is 11.7. The Kier molecular flexibility index (Phi) is 3.64. The first kappa shape index (κ1) is 13.7. The van der Waals surface area contributed by atoms with Crippen LogP contribution in [0.15, 0.2) is 33.5 Å². The van der Waals surface area contributed by atoms with Crippen molar-refractivity contribution in [1.29, 1.82) is 0 Å². The van der Waals surface area contributed by atoms with Crippen molar-refractivity contribution in [3.8, 4) is 0 Å². The maximum Gasteiger partial charge on any atom is 0.260 e. The van der Waals surface area contributed by atoms with Gasteiger partial charge in [-0.05, 0) is 25.0 Å². The molecule has 1 aromatic heterocycles. The van der Waals surface area contributed by atoms with E-state index in [1.54, 1.807) is 24.3 Å². The molecule has 5 heteroatoms. The number of nitrogens with one attached hydrogen (secondary N) is 1. The van der Waals surface area contributed by atoms with Crippen LogP contribution in [0.25, 0.3) is 11.0 Å². The standard InChI is InChI=1S/C16H18N2O3/c17-15-13(16(20)18-10-6-2-1-3-7-10)14(19)11-8-4-5-9-12(11)21-15/h4-5,8-10H,1-3,6-7,17H2,(H,18,20). The van der Waals surface area contributed by atoms with Crippen LogP contribution in [-0.2, 0) is 0 Å². The number of anilines is 1. The van der Waals surface area contributed by atoms with Gasteiger partial charge in [0.05, 0.1) is 5.39 Å². The van der Waals surface area contributed by atoms with Gasteiger partial charge >= 0.3 is 0 Å². The zero-order valence-corrected chi connectivity index (χ0v) is 11.7. The van der Waals surface area contributed by atoms with Crippen LogP contribution >= 0.6 is 0 Å². The predicted octanol–water partition coefficient (Wildman–Crippen LogP) is 2.44. The maximum atomic E-state index is 12.4. The summed E-state index contributed by atoms with van der Waals surface area (Å²) < 4.78 is 5.40. The second-order valence-electron chi connectivity index (χ2n) is 5.47. The number of rotatable bonds is 2. The minimum atomic E-state index is -0.432. The summed E-state index contributed by atoms with van der Waals surface area (Å²) in [4.78, 5) is 24.8. The third-order valence-electron chi connectivity index (χ3n) is 3.99. The lowest BCUT2D eigenvalue weighted by Crippen LogP contribution is -2.38. The highest BCUT2D eigenvalue weighted by Crippen LogP contribution is 2.20. The third-order valence-corrected chi connectivity index (χ3v) is 3.99. The van der Waals surface area contributed by atoms with Gasteiger partial charge in [-0.3, -0.25) is 9.59 Å². The number of hydrogen-bond acceptors (Lipinski definition) is 4. The molecule has 1 amide bonds. The maximum absolute atomic E-state index is 12.4. The molecule has 1 heterocycles. The van der Waals surface area contributed by atoms with Crippen molar-refractivity contribution in [3.63, 3.8) is 0 Å². The second kappa shape index (κ2) is 5.60. The summed E-state index contributed by atoms with van der Waals surface area (Å²) in [6, 6.07) is 6.91. The van der Waals surface area contributed by atoms with Crippen molar-refractivity contribution in [2.24, 2.45) is 0 Å². The first-order chi connectivity index (χ1) is 10.2. The highest BCUT2D eigenvalue weighted by atomic mass is 16.3. The zero-order chi connectivity index (χ0) is 14.8. The van der Waals surface area contributed by atoms with Gasteiger partial charge in [0.25, 0.3) is 5.91 Å². The van der Waals surface area contributed by atoms with Crippen LogP contribution in [-0.4, -0.2) is 11.9 Å². The number of fused-ring (bicyclic) bond motifs is 1. The molecule has 1 aliphatic carbocycles. The van der Waals surface area contributed by atoms with E-state index in [9.17, 15) is 9.59 Å². The molecule has 21 heavy (non-hydrogen) atoms. The Morgan fingerprint density at radius 3 is 2.67 bits per heavy atom. The van der Waals surface area contributed by atoms with Crippen LogP contribution in [0.3, 0.4) is 0 Å². The summed E-state index contributed by atoms with van der Waals surface area (Å²) in [5.41, 5.74) is 5.71. The molecule has 3 N–H and O–H groups in total. The lowest BCUT2D eigenvalue weighted by molar-refractivity contribution is 0.0926. The van der Waals surface area contributed by atoms with Crippen molar-refractivity contribution in [1.82, 2.24) is 5.32 Å².